The first-order valence-electron chi connectivity index (χ1n) is 5.99. The Hall–Kier alpha value is -1.11. The number of aryl methyl sites for hydroxylation is 1. The minimum atomic E-state index is 1.09. The van der Waals surface area contributed by atoms with Crippen LogP contribution in [0.1, 0.15) is 50.9 Å². The van der Waals surface area contributed by atoms with Crippen molar-refractivity contribution in [1.82, 2.24) is 4.98 Å². The van der Waals surface area contributed by atoms with E-state index in [0.29, 0.717) is 0 Å². The van der Waals surface area contributed by atoms with Crippen molar-refractivity contribution < 1.29 is 0 Å². The maximum absolute atomic E-state index is 4.60. The second-order valence-electron chi connectivity index (χ2n) is 3.85. The highest BCUT2D eigenvalue weighted by atomic mass is 14.7. The predicted molar refractivity (Wildman–Crippen MR) is 66.8 cm³/mol. The van der Waals surface area contributed by atoms with Crippen LogP contribution in [-0.4, -0.2) is 4.98 Å². The monoisotopic (exact) mass is 203 g/mol. The van der Waals surface area contributed by atoms with Gasteiger partial charge in [-0.05, 0) is 37.5 Å². The summed E-state index contributed by atoms with van der Waals surface area (Å²) in [4.78, 5) is 4.60. The molecule has 0 aliphatic rings. The first-order chi connectivity index (χ1) is 7.36. The highest BCUT2D eigenvalue weighted by Crippen LogP contribution is 2.06. The van der Waals surface area contributed by atoms with E-state index in [1.807, 2.05) is 0 Å². The standard InChI is InChI=1S/C14H21N/c1-3-5-7-10-14-12-8-11-13(15-14)9-6-4-2/h7-8,10-12H,3-6,9H2,1-2H3/b10-7+. The van der Waals surface area contributed by atoms with Crippen molar-refractivity contribution in [2.24, 2.45) is 0 Å². The molecule has 0 saturated carbocycles. The van der Waals surface area contributed by atoms with Crippen molar-refractivity contribution >= 4 is 6.08 Å². The summed E-state index contributed by atoms with van der Waals surface area (Å²) in [5, 5.41) is 0. The van der Waals surface area contributed by atoms with Crippen molar-refractivity contribution in [3.8, 4) is 0 Å². The Morgan fingerprint density at radius 2 is 2.07 bits per heavy atom. The molecule has 0 radical (unpaired) electrons. The van der Waals surface area contributed by atoms with Crippen molar-refractivity contribution in [3.05, 3.63) is 35.7 Å². The van der Waals surface area contributed by atoms with Crippen LogP contribution in [0.5, 0.6) is 0 Å². The Labute approximate surface area is 93.2 Å². The molecule has 0 aromatic carbocycles. The maximum atomic E-state index is 4.60. The van der Waals surface area contributed by atoms with Crippen molar-refractivity contribution in [3.63, 3.8) is 0 Å². The van der Waals surface area contributed by atoms with Gasteiger partial charge in [0.05, 0.1) is 5.69 Å². The van der Waals surface area contributed by atoms with Gasteiger partial charge in [-0.1, -0.05) is 38.8 Å². The highest BCUT2D eigenvalue weighted by Gasteiger charge is 1.94. The summed E-state index contributed by atoms with van der Waals surface area (Å²) < 4.78 is 0. The summed E-state index contributed by atoms with van der Waals surface area (Å²) in [6.07, 6.45) is 10.2. The first-order valence-corrected chi connectivity index (χ1v) is 5.99. The third-order valence-corrected chi connectivity index (χ3v) is 2.36. The normalized spacial score (nSPS) is 11.1. The molecule has 0 saturated heterocycles. The number of allylic oxidation sites excluding steroid dienone is 1. The number of nitrogens with zero attached hydrogens (tertiary/aromatic N) is 1. The van der Waals surface area contributed by atoms with Crippen LogP contribution in [0.2, 0.25) is 0 Å². The van der Waals surface area contributed by atoms with Gasteiger partial charge in [-0.15, -0.1) is 0 Å². The average Bonchev–Trinajstić information content (AvgIpc) is 2.27. The van der Waals surface area contributed by atoms with E-state index < -0.39 is 0 Å². The van der Waals surface area contributed by atoms with Crippen LogP contribution >= 0.6 is 0 Å². The third kappa shape index (κ3) is 4.78. The lowest BCUT2D eigenvalue weighted by Gasteiger charge is -2.00. The van der Waals surface area contributed by atoms with Gasteiger partial charge in [0.2, 0.25) is 0 Å². The number of hydrogen-bond donors (Lipinski definition) is 0. The lowest BCUT2D eigenvalue weighted by Crippen LogP contribution is -1.91. The van der Waals surface area contributed by atoms with E-state index in [2.05, 4.69) is 49.2 Å². The highest BCUT2D eigenvalue weighted by molar-refractivity contribution is 5.44. The van der Waals surface area contributed by atoms with E-state index in [0.717, 1.165) is 18.5 Å². The molecule has 82 valence electrons. The molecule has 0 N–H and O–H groups in total. The Morgan fingerprint density at radius 1 is 1.20 bits per heavy atom. The molecule has 0 atom stereocenters. The van der Waals surface area contributed by atoms with Crippen LogP contribution in [0.15, 0.2) is 24.3 Å². The fourth-order valence-corrected chi connectivity index (χ4v) is 1.46. The SMILES string of the molecule is CCC/C=C/c1cccc(CCCC)n1. The largest absolute Gasteiger partial charge is 0.253 e. The molecular formula is C14H21N. The summed E-state index contributed by atoms with van der Waals surface area (Å²) in [5.41, 5.74) is 2.31. The number of unbranched alkanes of at least 4 members (excludes halogenated alkanes) is 2. The van der Waals surface area contributed by atoms with Crippen LogP contribution in [0.25, 0.3) is 6.08 Å². The van der Waals surface area contributed by atoms with Crippen LogP contribution in [-0.2, 0) is 6.42 Å². The van der Waals surface area contributed by atoms with Gasteiger partial charge in [0.15, 0.2) is 0 Å². The Bertz CT molecular complexity index is 302. The van der Waals surface area contributed by atoms with Crippen LogP contribution in [0.4, 0.5) is 0 Å². The Morgan fingerprint density at radius 3 is 2.80 bits per heavy atom. The van der Waals surface area contributed by atoms with Crippen LogP contribution in [0, 0.1) is 0 Å². The number of rotatable bonds is 6. The molecule has 1 rings (SSSR count). The van der Waals surface area contributed by atoms with Gasteiger partial charge in [0.1, 0.15) is 0 Å². The molecule has 0 bridgehead atoms. The summed E-state index contributed by atoms with van der Waals surface area (Å²) in [6, 6.07) is 6.29. The lowest BCUT2D eigenvalue weighted by atomic mass is 10.2. The molecule has 1 nitrogen and oxygen atoms in total. The Kier molecular flexibility index (Phi) is 5.76. The van der Waals surface area contributed by atoms with Gasteiger partial charge in [-0.3, -0.25) is 4.98 Å². The summed E-state index contributed by atoms with van der Waals surface area (Å²) in [6.45, 7) is 4.40. The Balaban J connectivity index is 2.57. The van der Waals surface area contributed by atoms with Gasteiger partial charge in [-0.2, -0.15) is 0 Å². The van der Waals surface area contributed by atoms with E-state index in [1.54, 1.807) is 0 Å². The number of pyridine rings is 1. The molecule has 0 amide bonds. The molecule has 15 heavy (non-hydrogen) atoms. The lowest BCUT2D eigenvalue weighted by molar-refractivity contribution is 0.776. The minimum Gasteiger partial charge on any atom is -0.253 e. The molecular weight excluding hydrogens is 182 g/mol. The minimum absolute atomic E-state index is 1.09. The molecule has 0 spiro atoms. The first kappa shape index (κ1) is 12.0. The van der Waals surface area contributed by atoms with Gasteiger partial charge in [-0.25, -0.2) is 0 Å². The van der Waals surface area contributed by atoms with E-state index in [4.69, 9.17) is 0 Å². The third-order valence-electron chi connectivity index (χ3n) is 2.36. The summed E-state index contributed by atoms with van der Waals surface area (Å²) in [5.74, 6) is 0. The van der Waals surface area contributed by atoms with E-state index in [-0.39, 0.29) is 0 Å². The predicted octanol–water partition coefficient (Wildman–Crippen LogP) is 4.24. The van der Waals surface area contributed by atoms with Crippen molar-refractivity contribution in [1.29, 1.82) is 0 Å². The van der Waals surface area contributed by atoms with Crippen LogP contribution < -0.4 is 0 Å². The molecule has 1 aromatic heterocycles. The van der Waals surface area contributed by atoms with Gasteiger partial charge < -0.3 is 0 Å². The molecule has 1 heteroatoms. The van der Waals surface area contributed by atoms with Gasteiger partial charge in [0.25, 0.3) is 0 Å². The maximum Gasteiger partial charge on any atom is 0.0629 e. The molecule has 1 heterocycles. The number of aromatic nitrogens is 1. The average molecular weight is 203 g/mol. The van der Waals surface area contributed by atoms with Crippen molar-refractivity contribution in [2.45, 2.75) is 46.0 Å². The van der Waals surface area contributed by atoms with E-state index >= 15 is 0 Å². The zero-order chi connectivity index (χ0) is 10.9. The van der Waals surface area contributed by atoms with E-state index in [9.17, 15) is 0 Å². The van der Waals surface area contributed by atoms with Gasteiger partial charge >= 0.3 is 0 Å². The number of hydrogen-bond acceptors (Lipinski definition) is 1. The fourth-order valence-electron chi connectivity index (χ4n) is 1.46. The summed E-state index contributed by atoms with van der Waals surface area (Å²) >= 11 is 0. The topological polar surface area (TPSA) is 12.9 Å². The molecule has 0 aliphatic carbocycles. The smallest absolute Gasteiger partial charge is 0.0629 e. The second-order valence-corrected chi connectivity index (χ2v) is 3.85. The van der Waals surface area contributed by atoms with Gasteiger partial charge in [0, 0.05) is 5.69 Å². The zero-order valence-corrected chi connectivity index (χ0v) is 9.87. The fraction of sp³-hybridized carbons (Fsp3) is 0.500. The molecule has 1 aromatic rings. The van der Waals surface area contributed by atoms with E-state index in [1.165, 1.54) is 25.0 Å². The quantitative estimate of drug-likeness (QED) is 0.674. The van der Waals surface area contributed by atoms with Crippen LogP contribution in [0.3, 0.4) is 0 Å². The molecule has 0 unspecified atom stereocenters. The van der Waals surface area contributed by atoms with Crippen molar-refractivity contribution in [2.75, 3.05) is 0 Å². The summed E-state index contributed by atoms with van der Waals surface area (Å²) in [7, 11) is 0. The molecule has 0 fully saturated rings. The molecule has 0 aliphatic heterocycles. The second kappa shape index (κ2) is 7.22. The zero-order valence-electron chi connectivity index (χ0n) is 9.87.